The standard InChI is InChI=1S/C18H18BINO4PS/c1-26(19)25-18(24)15-12(9-20)10-27-17-14(16(23)21(15)17)8-13(22)7-11-5-3-2-4-6-11/h2-6,14,17H,7-10H2,1H3/t14-,17?,26?/m1/s1. The zero-order valence-electron chi connectivity index (χ0n) is 14.8. The van der Waals surface area contributed by atoms with E-state index in [2.05, 4.69) is 22.6 Å². The van der Waals surface area contributed by atoms with Crippen molar-refractivity contribution in [2.45, 2.75) is 18.2 Å². The third kappa shape index (κ3) is 4.59. The van der Waals surface area contributed by atoms with E-state index >= 15 is 0 Å². The maximum atomic E-state index is 12.7. The zero-order valence-corrected chi connectivity index (χ0v) is 18.6. The fraction of sp³-hybridized carbons (Fsp3) is 0.389. The molecule has 140 valence electrons. The molecule has 1 amide bonds. The smallest absolute Gasteiger partial charge is 0.356 e. The van der Waals surface area contributed by atoms with Crippen LogP contribution >= 0.6 is 42.4 Å². The number of fused-ring (bicyclic) bond motifs is 1. The van der Waals surface area contributed by atoms with Gasteiger partial charge in [-0.15, -0.1) is 11.8 Å². The fourth-order valence-corrected chi connectivity index (χ4v) is 5.98. The van der Waals surface area contributed by atoms with Crippen LogP contribution in [0, 0.1) is 5.92 Å². The topological polar surface area (TPSA) is 63.7 Å². The van der Waals surface area contributed by atoms with Gasteiger partial charge in [0.15, 0.2) is 7.57 Å². The lowest BCUT2D eigenvalue weighted by molar-refractivity contribution is -0.153. The quantitative estimate of drug-likeness (QED) is 0.185. The highest BCUT2D eigenvalue weighted by molar-refractivity contribution is 14.1. The Hall–Kier alpha value is -0.855. The molecule has 2 unspecified atom stereocenters. The molecular formula is C18H18BINO4PS. The van der Waals surface area contributed by atoms with Crippen molar-refractivity contribution in [2.75, 3.05) is 16.8 Å². The number of nitrogens with zero attached hydrogens (tertiary/aromatic N) is 1. The summed E-state index contributed by atoms with van der Waals surface area (Å²) in [6, 6.07) is 9.50. The molecule has 0 bridgehead atoms. The Balaban J connectivity index is 1.70. The van der Waals surface area contributed by atoms with Crippen LogP contribution in [0.5, 0.6) is 0 Å². The van der Waals surface area contributed by atoms with Crippen LogP contribution in [0.4, 0.5) is 0 Å². The molecule has 1 aromatic rings. The summed E-state index contributed by atoms with van der Waals surface area (Å²) in [5.74, 6) is -0.416. The van der Waals surface area contributed by atoms with Crippen molar-refractivity contribution in [3.63, 3.8) is 0 Å². The highest BCUT2D eigenvalue weighted by Gasteiger charge is 2.53. The van der Waals surface area contributed by atoms with Crippen LogP contribution < -0.4 is 0 Å². The van der Waals surface area contributed by atoms with E-state index in [1.165, 1.54) is 4.90 Å². The first-order chi connectivity index (χ1) is 12.9. The molecular weight excluding hydrogens is 495 g/mol. The number of halogens is 1. The van der Waals surface area contributed by atoms with Gasteiger partial charge in [-0.2, -0.15) is 0 Å². The average Bonchev–Trinajstić information content (AvgIpc) is 2.65. The fourth-order valence-electron chi connectivity index (χ4n) is 3.22. The Kier molecular flexibility index (Phi) is 7.03. The van der Waals surface area contributed by atoms with Crippen molar-refractivity contribution in [1.82, 2.24) is 4.90 Å². The molecule has 0 aromatic heterocycles. The number of carbonyl (C=O) groups is 3. The van der Waals surface area contributed by atoms with Crippen LogP contribution in [0.2, 0.25) is 0 Å². The minimum atomic E-state index is -1.35. The summed E-state index contributed by atoms with van der Waals surface area (Å²) in [6.45, 7) is 1.63. The molecule has 2 radical (unpaired) electrons. The largest absolute Gasteiger partial charge is 0.452 e. The number of alkyl halides is 1. The Labute approximate surface area is 179 Å². The van der Waals surface area contributed by atoms with E-state index in [-0.39, 0.29) is 29.4 Å². The molecule has 2 heterocycles. The number of amides is 1. The number of hydrogen-bond donors (Lipinski definition) is 0. The molecule has 2 aliphatic heterocycles. The van der Waals surface area contributed by atoms with Gasteiger partial charge in [0.2, 0.25) is 5.91 Å². The Morgan fingerprint density at radius 2 is 2.07 bits per heavy atom. The molecule has 1 aromatic carbocycles. The van der Waals surface area contributed by atoms with Gasteiger partial charge in [0.05, 0.1) is 11.3 Å². The summed E-state index contributed by atoms with van der Waals surface area (Å²) in [7, 11) is 4.28. The van der Waals surface area contributed by atoms with E-state index in [4.69, 9.17) is 12.1 Å². The van der Waals surface area contributed by atoms with E-state index in [1.807, 2.05) is 30.3 Å². The molecule has 27 heavy (non-hydrogen) atoms. The SMILES string of the molecule is [B]P(C)OC(=O)C1=C(CI)CSC2[C@H](CC(=O)Cc3ccccc3)C(=O)N12. The normalized spacial score (nSPS) is 22.7. The molecule has 9 heteroatoms. The van der Waals surface area contributed by atoms with Gasteiger partial charge in [-0.3, -0.25) is 14.5 Å². The molecule has 0 aliphatic carbocycles. The van der Waals surface area contributed by atoms with Crippen molar-refractivity contribution in [1.29, 1.82) is 0 Å². The molecule has 0 saturated carbocycles. The maximum absolute atomic E-state index is 12.7. The number of hydrogen-bond acceptors (Lipinski definition) is 5. The minimum Gasteiger partial charge on any atom is -0.452 e. The van der Waals surface area contributed by atoms with Crippen LogP contribution in [-0.2, 0) is 25.3 Å². The lowest BCUT2D eigenvalue weighted by atomic mass is 9.89. The van der Waals surface area contributed by atoms with Gasteiger partial charge in [-0.05, 0) is 17.8 Å². The molecule has 1 fully saturated rings. The van der Waals surface area contributed by atoms with Gasteiger partial charge in [0.25, 0.3) is 0 Å². The van der Waals surface area contributed by atoms with Gasteiger partial charge in [-0.1, -0.05) is 52.9 Å². The van der Waals surface area contributed by atoms with Crippen molar-refractivity contribution >= 4 is 67.6 Å². The summed E-state index contributed by atoms with van der Waals surface area (Å²) in [6.07, 6.45) is 0.514. The first-order valence-electron chi connectivity index (χ1n) is 8.41. The summed E-state index contributed by atoms with van der Waals surface area (Å²) < 4.78 is 5.82. The monoisotopic (exact) mass is 513 g/mol. The highest BCUT2D eigenvalue weighted by atomic mass is 127. The van der Waals surface area contributed by atoms with E-state index in [0.717, 1.165) is 11.1 Å². The van der Waals surface area contributed by atoms with Crippen molar-refractivity contribution < 1.29 is 18.9 Å². The van der Waals surface area contributed by atoms with E-state index in [9.17, 15) is 14.4 Å². The predicted molar refractivity (Wildman–Crippen MR) is 117 cm³/mol. The number of thioether (sulfide) groups is 1. The van der Waals surface area contributed by atoms with Gasteiger partial charge in [-0.25, -0.2) is 4.79 Å². The van der Waals surface area contributed by atoms with Crippen LogP contribution in [-0.4, -0.2) is 52.3 Å². The van der Waals surface area contributed by atoms with Crippen LogP contribution in [0.1, 0.15) is 12.0 Å². The van der Waals surface area contributed by atoms with Crippen LogP contribution in [0.3, 0.4) is 0 Å². The van der Waals surface area contributed by atoms with Crippen molar-refractivity contribution in [3.8, 4) is 0 Å². The molecule has 2 aliphatic rings. The van der Waals surface area contributed by atoms with Gasteiger partial charge < -0.3 is 4.52 Å². The van der Waals surface area contributed by atoms with E-state index in [0.29, 0.717) is 22.3 Å². The van der Waals surface area contributed by atoms with Gasteiger partial charge in [0.1, 0.15) is 11.5 Å². The number of β-lactam (4-membered cyclic amide) rings is 1. The lowest BCUT2D eigenvalue weighted by Crippen LogP contribution is -2.62. The van der Waals surface area contributed by atoms with Gasteiger partial charge in [0, 0.05) is 31.0 Å². The Morgan fingerprint density at radius 3 is 2.70 bits per heavy atom. The summed E-state index contributed by atoms with van der Waals surface area (Å²) in [4.78, 5) is 39.1. The first-order valence-corrected chi connectivity index (χ1v) is 12.8. The van der Waals surface area contributed by atoms with Crippen LogP contribution in [0.15, 0.2) is 41.6 Å². The second kappa shape index (κ2) is 9.10. The lowest BCUT2D eigenvalue weighted by Gasteiger charge is -2.49. The zero-order chi connectivity index (χ0) is 19.6. The summed E-state index contributed by atoms with van der Waals surface area (Å²) in [5.41, 5.74) is 2.14. The third-order valence-electron chi connectivity index (χ3n) is 4.43. The van der Waals surface area contributed by atoms with Crippen molar-refractivity contribution in [3.05, 3.63) is 47.2 Å². The number of rotatable bonds is 7. The average molecular weight is 513 g/mol. The second-order valence-electron chi connectivity index (χ2n) is 6.43. The number of carbonyl (C=O) groups excluding carboxylic acids is 3. The summed E-state index contributed by atoms with van der Waals surface area (Å²) in [5, 5.41) is -0.188. The first kappa shape index (κ1) is 20.9. The second-order valence-corrected chi connectivity index (χ2v) is 9.57. The Morgan fingerprint density at radius 1 is 1.37 bits per heavy atom. The molecule has 3 rings (SSSR count). The van der Waals surface area contributed by atoms with E-state index in [1.54, 1.807) is 18.4 Å². The minimum absolute atomic E-state index is 0.0339. The highest BCUT2D eigenvalue weighted by Crippen LogP contribution is 2.46. The molecule has 0 spiro atoms. The van der Waals surface area contributed by atoms with Gasteiger partial charge >= 0.3 is 5.97 Å². The predicted octanol–water partition coefficient (Wildman–Crippen LogP) is 3.06. The third-order valence-corrected chi connectivity index (χ3v) is 7.20. The van der Waals surface area contributed by atoms with E-state index < -0.39 is 14.0 Å². The number of ketones is 1. The molecule has 5 nitrogen and oxygen atoms in total. The number of Topliss-reactive ketones (excluding diaryl/α,β-unsaturated/α-hetero) is 1. The Bertz CT molecular complexity index is 789. The molecule has 3 atom stereocenters. The molecule has 0 N–H and O–H groups in total. The van der Waals surface area contributed by atoms with Crippen LogP contribution in [0.25, 0.3) is 0 Å². The molecule has 1 saturated heterocycles. The number of benzene rings is 1. The van der Waals surface area contributed by atoms with Crippen molar-refractivity contribution in [2.24, 2.45) is 5.92 Å². The maximum Gasteiger partial charge on any atom is 0.356 e. The summed E-state index contributed by atoms with van der Waals surface area (Å²) >= 11 is 3.78.